The number of aliphatic hydroxyl groups excluding tert-OH is 1. The Morgan fingerprint density at radius 3 is 2.44 bits per heavy atom. The van der Waals surface area contributed by atoms with Crippen LogP contribution in [0, 0.1) is 12.7 Å². The van der Waals surface area contributed by atoms with Crippen molar-refractivity contribution in [2.24, 2.45) is 0 Å². The molecule has 0 aliphatic heterocycles. The molecule has 1 unspecified atom stereocenters. The standard InChI is InChI=1S/C15H22FNO/c1-11-6-7-12(16)10-13(11)14(18)15(17(2)3)8-4-5-9-15/h6-7,10,14,18H,4-5,8-9H2,1-3H3. The van der Waals surface area contributed by atoms with Gasteiger partial charge in [-0.15, -0.1) is 0 Å². The predicted octanol–water partition coefficient (Wildman–Crippen LogP) is 3.04. The lowest BCUT2D eigenvalue weighted by Gasteiger charge is -2.41. The second-order valence-electron chi connectivity index (χ2n) is 5.61. The van der Waals surface area contributed by atoms with Gasteiger partial charge in [-0.05, 0) is 57.1 Å². The van der Waals surface area contributed by atoms with Gasteiger partial charge in [0.15, 0.2) is 0 Å². The molecule has 1 aliphatic carbocycles. The van der Waals surface area contributed by atoms with Crippen molar-refractivity contribution in [2.75, 3.05) is 14.1 Å². The maximum atomic E-state index is 13.4. The normalized spacial score (nSPS) is 20.3. The summed E-state index contributed by atoms with van der Waals surface area (Å²) in [4.78, 5) is 2.11. The van der Waals surface area contributed by atoms with Gasteiger partial charge in [0.05, 0.1) is 11.6 Å². The number of rotatable bonds is 3. The molecule has 1 aliphatic rings. The fraction of sp³-hybridized carbons (Fsp3) is 0.600. The zero-order chi connectivity index (χ0) is 13.3. The molecular formula is C15H22FNO. The summed E-state index contributed by atoms with van der Waals surface area (Å²) in [6.07, 6.45) is 3.58. The quantitative estimate of drug-likeness (QED) is 0.892. The van der Waals surface area contributed by atoms with E-state index in [2.05, 4.69) is 4.90 Å². The molecule has 0 radical (unpaired) electrons. The average molecular weight is 251 g/mol. The summed E-state index contributed by atoms with van der Waals surface area (Å²) in [7, 11) is 4.01. The number of nitrogens with zero attached hydrogens (tertiary/aromatic N) is 1. The van der Waals surface area contributed by atoms with Crippen LogP contribution in [0.2, 0.25) is 0 Å². The van der Waals surface area contributed by atoms with E-state index in [-0.39, 0.29) is 11.4 Å². The molecule has 1 aromatic rings. The molecule has 0 aromatic heterocycles. The summed E-state index contributed by atoms with van der Waals surface area (Å²) in [6.45, 7) is 1.93. The molecule has 2 nitrogen and oxygen atoms in total. The number of hydrogen-bond donors (Lipinski definition) is 1. The molecule has 2 rings (SSSR count). The van der Waals surface area contributed by atoms with Gasteiger partial charge < -0.3 is 10.0 Å². The van der Waals surface area contributed by atoms with Crippen LogP contribution in [0.25, 0.3) is 0 Å². The van der Waals surface area contributed by atoms with Crippen molar-refractivity contribution < 1.29 is 9.50 Å². The van der Waals surface area contributed by atoms with Crippen LogP contribution in [0.4, 0.5) is 4.39 Å². The summed E-state index contributed by atoms with van der Waals surface area (Å²) in [6, 6.07) is 4.66. The summed E-state index contributed by atoms with van der Waals surface area (Å²) in [5, 5.41) is 10.7. The van der Waals surface area contributed by atoms with Gasteiger partial charge in [-0.3, -0.25) is 0 Å². The van der Waals surface area contributed by atoms with Gasteiger partial charge in [-0.2, -0.15) is 0 Å². The summed E-state index contributed by atoms with van der Waals surface area (Å²) in [5.41, 5.74) is 1.45. The number of aliphatic hydroxyl groups is 1. The molecule has 0 saturated heterocycles. The lowest BCUT2D eigenvalue weighted by molar-refractivity contribution is -0.00525. The highest BCUT2D eigenvalue weighted by molar-refractivity contribution is 5.31. The number of benzene rings is 1. The SMILES string of the molecule is Cc1ccc(F)cc1C(O)C1(N(C)C)CCCC1. The van der Waals surface area contributed by atoms with Crippen molar-refractivity contribution in [3.05, 3.63) is 35.1 Å². The van der Waals surface area contributed by atoms with E-state index in [4.69, 9.17) is 0 Å². The third-order valence-corrected chi connectivity index (χ3v) is 4.40. The molecule has 1 N–H and O–H groups in total. The van der Waals surface area contributed by atoms with Crippen LogP contribution < -0.4 is 0 Å². The van der Waals surface area contributed by atoms with E-state index in [0.29, 0.717) is 0 Å². The molecule has 1 fully saturated rings. The second kappa shape index (κ2) is 4.98. The number of hydrogen-bond acceptors (Lipinski definition) is 2. The van der Waals surface area contributed by atoms with Crippen LogP contribution in [0.15, 0.2) is 18.2 Å². The predicted molar refractivity (Wildman–Crippen MR) is 71.0 cm³/mol. The molecule has 1 aromatic carbocycles. The molecule has 0 amide bonds. The van der Waals surface area contributed by atoms with E-state index in [1.165, 1.54) is 12.1 Å². The van der Waals surface area contributed by atoms with Gasteiger partial charge >= 0.3 is 0 Å². The Bertz CT molecular complexity index is 425. The molecule has 1 saturated carbocycles. The summed E-state index contributed by atoms with van der Waals surface area (Å²) >= 11 is 0. The summed E-state index contributed by atoms with van der Waals surface area (Å²) in [5.74, 6) is -0.276. The van der Waals surface area contributed by atoms with E-state index >= 15 is 0 Å². The Morgan fingerprint density at radius 2 is 1.89 bits per heavy atom. The number of likely N-dealkylation sites (N-methyl/N-ethyl adjacent to an activating group) is 1. The fourth-order valence-corrected chi connectivity index (χ4v) is 3.15. The Hall–Kier alpha value is -0.930. The minimum absolute atomic E-state index is 0.238. The smallest absolute Gasteiger partial charge is 0.123 e. The maximum Gasteiger partial charge on any atom is 0.123 e. The van der Waals surface area contributed by atoms with E-state index in [0.717, 1.165) is 36.8 Å². The molecule has 0 bridgehead atoms. The first kappa shape index (κ1) is 13.5. The average Bonchev–Trinajstić information content (AvgIpc) is 2.82. The number of aryl methyl sites for hydroxylation is 1. The van der Waals surface area contributed by atoms with Gasteiger partial charge in [0, 0.05) is 0 Å². The highest BCUT2D eigenvalue weighted by atomic mass is 19.1. The molecule has 100 valence electrons. The fourth-order valence-electron chi connectivity index (χ4n) is 3.15. The van der Waals surface area contributed by atoms with Crippen LogP contribution >= 0.6 is 0 Å². The third-order valence-electron chi connectivity index (χ3n) is 4.40. The second-order valence-corrected chi connectivity index (χ2v) is 5.61. The van der Waals surface area contributed by atoms with Gasteiger partial charge in [0.1, 0.15) is 5.82 Å². The van der Waals surface area contributed by atoms with Gasteiger partial charge in [0.25, 0.3) is 0 Å². The van der Waals surface area contributed by atoms with Crippen molar-refractivity contribution in [3.63, 3.8) is 0 Å². The van der Waals surface area contributed by atoms with Crippen LogP contribution in [-0.2, 0) is 0 Å². The van der Waals surface area contributed by atoms with E-state index in [9.17, 15) is 9.50 Å². The van der Waals surface area contributed by atoms with Crippen molar-refractivity contribution >= 4 is 0 Å². The Kier molecular flexibility index (Phi) is 3.74. The molecule has 18 heavy (non-hydrogen) atoms. The highest BCUT2D eigenvalue weighted by Crippen LogP contribution is 2.44. The van der Waals surface area contributed by atoms with Crippen molar-refractivity contribution in [1.29, 1.82) is 0 Å². The minimum Gasteiger partial charge on any atom is -0.386 e. The topological polar surface area (TPSA) is 23.5 Å². The minimum atomic E-state index is -0.620. The van der Waals surface area contributed by atoms with Crippen molar-refractivity contribution in [1.82, 2.24) is 4.90 Å². The largest absolute Gasteiger partial charge is 0.386 e. The van der Waals surface area contributed by atoms with Crippen LogP contribution in [0.5, 0.6) is 0 Å². The van der Waals surface area contributed by atoms with Gasteiger partial charge in [-0.25, -0.2) is 4.39 Å². The Labute approximate surface area is 108 Å². The first-order valence-electron chi connectivity index (χ1n) is 6.59. The molecular weight excluding hydrogens is 229 g/mol. The van der Waals surface area contributed by atoms with E-state index in [1.54, 1.807) is 6.07 Å². The lowest BCUT2D eigenvalue weighted by atomic mass is 9.83. The van der Waals surface area contributed by atoms with Crippen LogP contribution in [-0.4, -0.2) is 29.6 Å². The zero-order valence-electron chi connectivity index (χ0n) is 11.4. The number of halogens is 1. The highest BCUT2D eigenvalue weighted by Gasteiger charge is 2.43. The van der Waals surface area contributed by atoms with Crippen molar-refractivity contribution in [3.8, 4) is 0 Å². The summed E-state index contributed by atoms with van der Waals surface area (Å²) < 4.78 is 13.4. The van der Waals surface area contributed by atoms with Crippen LogP contribution in [0.1, 0.15) is 42.9 Å². The Balaban J connectivity index is 2.39. The zero-order valence-corrected chi connectivity index (χ0v) is 11.4. The van der Waals surface area contributed by atoms with E-state index in [1.807, 2.05) is 21.0 Å². The molecule has 3 heteroatoms. The lowest BCUT2D eigenvalue weighted by Crippen LogP contribution is -2.47. The maximum absolute atomic E-state index is 13.4. The molecule has 1 atom stereocenters. The first-order valence-corrected chi connectivity index (χ1v) is 6.59. The van der Waals surface area contributed by atoms with Crippen LogP contribution in [0.3, 0.4) is 0 Å². The van der Waals surface area contributed by atoms with Gasteiger partial charge in [-0.1, -0.05) is 18.9 Å². The third kappa shape index (κ3) is 2.17. The monoisotopic (exact) mass is 251 g/mol. The molecule has 0 heterocycles. The van der Waals surface area contributed by atoms with E-state index < -0.39 is 6.10 Å². The molecule has 0 spiro atoms. The first-order chi connectivity index (χ1) is 8.47. The Morgan fingerprint density at radius 1 is 1.28 bits per heavy atom. The van der Waals surface area contributed by atoms with Crippen molar-refractivity contribution in [2.45, 2.75) is 44.2 Å². The van der Waals surface area contributed by atoms with Gasteiger partial charge in [0.2, 0.25) is 0 Å².